The molecule has 0 amide bonds. The summed E-state index contributed by atoms with van der Waals surface area (Å²) < 4.78 is 42.2. The molecule has 1 saturated carbocycles. The summed E-state index contributed by atoms with van der Waals surface area (Å²) in [6, 6.07) is 0.257. The minimum atomic E-state index is -4.46. The molecule has 1 aromatic rings. The first kappa shape index (κ1) is 12.7. The quantitative estimate of drug-likeness (QED) is 0.913. The van der Waals surface area contributed by atoms with Gasteiger partial charge in [-0.1, -0.05) is 0 Å². The zero-order valence-corrected chi connectivity index (χ0v) is 10.2. The molecule has 1 aliphatic carbocycles. The highest BCUT2D eigenvalue weighted by Crippen LogP contribution is 2.44. The number of rotatable bonds is 3. The monoisotopic (exact) mass is 273 g/mol. The molecule has 19 heavy (non-hydrogen) atoms. The van der Waals surface area contributed by atoms with E-state index in [1.165, 1.54) is 6.42 Å². The zero-order chi connectivity index (χ0) is 13.5. The normalized spacial score (nSPS) is 29.7. The summed E-state index contributed by atoms with van der Waals surface area (Å²) in [4.78, 5) is 6.93. The second-order valence-corrected chi connectivity index (χ2v) is 5.15. The lowest BCUT2D eigenvalue weighted by Gasteiger charge is -2.22. The number of hydrogen-bond donors (Lipinski definition) is 1. The Morgan fingerprint density at radius 3 is 2.68 bits per heavy atom. The fourth-order valence-electron chi connectivity index (χ4n) is 2.47. The second kappa shape index (κ2) is 4.63. The first-order chi connectivity index (χ1) is 9.02. The summed E-state index contributed by atoms with van der Waals surface area (Å²) in [5.41, 5.74) is -1.00. The third-order valence-corrected chi connectivity index (χ3v) is 3.68. The Hall–Kier alpha value is -1.37. The maximum Gasteiger partial charge on any atom is 0.434 e. The lowest BCUT2D eigenvalue weighted by molar-refractivity contribution is -0.141. The van der Waals surface area contributed by atoms with Crippen LogP contribution in [0.15, 0.2) is 12.4 Å². The van der Waals surface area contributed by atoms with Crippen LogP contribution in [0.1, 0.15) is 18.5 Å². The largest absolute Gasteiger partial charge is 0.475 e. The van der Waals surface area contributed by atoms with Gasteiger partial charge in [-0.25, -0.2) is 9.97 Å². The fraction of sp³-hybridized carbons (Fsp3) is 0.667. The molecule has 0 bridgehead atoms. The van der Waals surface area contributed by atoms with E-state index in [-0.39, 0.29) is 11.9 Å². The van der Waals surface area contributed by atoms with E-state index in [0.29, 0.717) is 12.8 Å². The van der Waals surface area contributed by atoms with Crippen LogP contribution in [0.4, 0.5) is 13.2 Å². The standard InChI is InChI=1S/C12H14F3N3O/c13-12(14,15)10-4-18-11(5-17-10)19-6-9-2-7-1-8(7)3-16-9/h4-5,7-9,16H,1-3,6H2/t7-,8+,9?/m1/s1. The van der Waals surface area contributed by atoms with E-state index < -0.39 is 11.9 Å². The van der Waals surface area contributed by atoms with E-state index in [9.17, 15) is 13.2 Å². The summed E-state index contributed by atoms with van der Waals surface area (Å²) in [6.07, 6.45) is -0.397. The predicted molar refractivity (Wildman–Crippen MR) is 60.5 cm³/mol. The zero-order valence-electron chi connectivity index (χ0n) is 10.2. The van der Waals surface area contributed by atoms with Crippen molar-refractivity contribution in [1.29, 1.82) is 0 Å². The van der Waals surface area contributed by atoms with Crippen molar-refractivity contribution in [3.63, 3.8) is 0 Å². The molecular formula is C12H14F3N3O. The minimum Gasteiger partial charge on any atom is -0.475 e. The van der Waals surface area contributed by atoms with E-state index in [4.69, 9.17) is 4.74 Å². The Morgan fingerprint density at radius 1 is 1.21 bits per heavy atom. The van der Waals surface area contributed by atoms with Crippen molar-refractivity contribution in [3.05, 3.63) is 18.1 Å². The number of ether oxygens (including phenoxy) is 1. The van der Waals surface area contributed by atoms with Gasteiger partial charge in [-0.3, -0.25) is 0 Å². The second-order valence-electron chi connectivity index (χ2n) is 5.15. The van der Waals surface area contributed by atoms with Crippen LogP contribution < -0.4 is 10.1 Å². The Balaban J connectivity index is 1.52. The number of nitrogens with zero attached hydrogens (tertiary/aromatic N) is 2. The maximum absolute atomic E-state index is 12.3. The highest BCUT2D eigenvalue weighted by atomic mass is 19.4. The molecule has 1 aliphatic heterocycles. The minimum absolute atomic E-state index is 0.132. The van der Waals surface area contributed by atoms with Crippen LogP contribution in [0, 0.1) is 11.8 Å². The average molecular weight is 273 g/mol. The fourth-order valence-corrected chi connectivity index (χ4v) is 2.47. The summed E-state index contributed by atoms with van der Waals surface area (Å²) in [6.45, 7) is 1.43. The maximum atomic E-state index is 12.3. The van der Waals surface area contributed by atoms with Gasteiger partial charge in [0.2, 0.25) is 5.88 Å². The van der Waals surface area contributed by atoms with Crippen LogP contribution in [0.5, 0.6) is 5.88 Å². The summed E-state index contributed by atoms with van der Waals surface area (Å²) >= 11 is 0. The summed E-state index contributed by atoms with van der Waals surface area (Å²) in [5.74, 6) is 1.75. The molecule has 0 radical (unpaired) electrons. The van der Waals surface area contributed by atoms with Gasteiger partial charge >= 0.3 is 6.18 Å². The number of nitrogens with one attached hydrogen (secondary N) is 1. The van der Waals surface area contributed by atoms with Gasteiger partial charge in [-0.15, -0.1) is 0 Å². The first-order valence-corrected chi connectivity index (χ1v) is 6.28. The average Bonchev–Trinajstić information content (AvgIpc) is 3.14. The number of hydrogen-bond acceptors (Lipinski definition) is 4. The topological polar surface area (TPSA) is 47.0 Å². The summed E-state index contributed by atoms with van der Waals surface area (Å²) in [5, 5.41) is 3.36. The molecule has 1 aromatic heterocycles. The molecule has 4 nitrogen and oxygen atoms in total. The molecule has 1 unspecified atom stereocenters. The van der Waals surface area contributed by atoms with Gasteiger partial charge in [0.15, 0.2) is 5.69 Å². The highest BCUT2D eigenvalue weighted by molar-refractivity contribution is 5.09. The molecule has 3 rings (SSSR count). The van der Waals surface area contributed by atoms with Gasteiger partial charge in [-0.2, -0.15) is 13.2 Å². The Bertz CT molecular complexity index is 449. The molecule has 104 valence electrons. The van der Waals surface area contributed by atoms with Crippen LogP contribution in [-0.2, 0) is 6.18 Å². The van der Waals surface area contributed by atoms with E-state index in [2.05, 4.69) is 15.3 Å². The van der Waals surface area contributed by atoms with Crippen molar-refractivity contribution in [2.45, 2.75) is 25.1 Å². The molecule has 2 aliphatic rings. The van der Waals surface area contributed by atoms with Crippen molar-refractivity contribution in [1.82, 2.24) is 15.3 Å². The van der Waals surface area contributed by atoms with Crippen molar-refractivity contribution in [3.8, 4) is 5.88 Å². The molecule has 1 saturated heterocycles. The number of halogens is 3. The number of piperidine rings is 1. The van der Waals surface area contributed by atoms with Crippen LogP contribution in [0.3, 0.4) is 0 Å². The third-order valence-electron chi connectivity index (χ3n) is 3.68. The number of aromatic nitrogens is 2. The first-order valence-electron chi connectivity index (χ1n) is 6.28. The van der Waals surface area contributed by atoms with Crippen LogP contribution >= 0.6 is 0 Å². The Labute approximate surface area is 108 Å². The van der Waals surface area contributed by atoms with E-state index >= 15 is 0 Å². The molecular weight excluding hydrogens is 259 g/mol. The van der Waals surface area contributed by atoms with Crippen LogP contribution in [-0.4, -0.2) is 29.2 Å². The van der Waals surface area contributed by atoms with Gasteiger partial charge < -0.3 is 10.1 Å². The van der Waals surface area contributed by atoms with Gasteiger partial charge in [0.1, 0.15) is 6.61 Å². The molecule has 2 fully saturated rings. The highest BCUT2D eigenvalue weighted by Gasteiger charge is 2.42. The predicted octanol–water partition coefficient (Wildman–Crippen LogP) is 1.87. The Morgan fingerprint density at radius 2 is 2.05 bits per heavy atom. The molecule has 3 atom stereocenters. The van der Waals surface area contributed by atoms with Gasteiger partial charge in [-0.05, 0) is 31.2 Å². The van der Waals surface area contributed by atoms with Crippen molar-refractivity contribution >= 4 is 0 Å². The smallest absolute Gasteiger partial charge is 0.434 e. The third kappa shape index (κ3) is 2.97. The van der Waals surface area contributed by atoms with Crippen LogP contribution in [0.2, 0.25) is 0 Å². The van der Waals surface area contributed by atoms with Gasteiger partial charge in [0.05, 0.1) is 12.4 Å². The van der Waals surface area contributed by atoms with E-state index in [0.717, 1.165) is 31.0 Å². The molecule has 1 N–H and O–H groups in total. The van der Waals surface area contributed by atoms with Crippen molar-refractivity contribution < 1.29 is 17.9 Å². The Kier molecular flexibility index (Phi) is 3.08. The number of alkyl halides is 3. The molecule has 0 aromatic carbocycles. The van der Waals surface area contributed by atoms with Crippen molar-refractivity contribution in [2.75, 3.05) is 13.2 Å². The van der Waals surface area contributed by atoms with E-state index in [1.807, 2.05) is 0 Å². The van der Waals surface area contributed by atoms with Crippen molar-refractivity contribution in [2.24, 2.45) is 11.8 Å². The van der Waals surface area contributed by atoms with Gasteiger partial charge in [0.25, 0.3) is 0 Å². The number of fused-ring (bicyclic) bond motifs is 1. The SMILES string of the molecule is FC(F)(F)c1cnc(OCC2C[C@H]3C[C@H]3CN2)cn1. The van der Waals surface area contributed by atoms with E-state index in [1.54, 1.807) is 0 Å². The lowest BCUT2D eigenvalue weighted by atomic mass is 10.1. The van der Waals surface area contributed by atoms with Crippen LogP contribution in [0.25, 0.3) is 0 Å². The lowest BCUT2D eigenvalue weighted by Crippen LogP contribution is -2.39. The molecule has 7 heteroatoms. The summed E-state index contributed by atoms with van der Waals surface area (Å²) in [7, 11) is 0. The molecule has 0 spiro atoms. The van der Waals surface area contributed by atoms with Gasteiger partial charge in [0, 0.05) is 6.04 Å². The molecule has 2 heterocycles.